The van der Waals surface area contributed by atoms with Gasteiger partial charge in [0.1, 0.15) is 0 Å². The number of hydrogen-bond acceptors (Lipinski definition) is 3. The van der Waals surface area contributed by atoms with Crippen molar-refractivity contribution >= 4 is 5.69 Å². The van der Waals surface area contributed by atoms with E-state index in [0.29, 0.717) is 5.69 Å². The zero-order valence-corrected chi connectivity index (χ0v) is 7.63. The first-order valence-corrected chi connectivity index (χ1v) is 3.86. The number of aliphatic hydroxyl groups is 1. The van der Waals surface area contributed by atoms with Crippen LogP contribution in [0.4, 0.5) is 5.69 Å². The number of nitrogens with zero attached hydrogens (tertiary/aromatic N) is 1. The summed E-state index contributed by atoms with van der Waals surface area (Å²) in [5.74, 6) is 0. The number of nitrogens with two attached hydrogens (primary N) is 1. The van der Waals surface area contributed by atoms with Gasteiger partial charge in [-0.2, -0.15) is 0 Å². The van der Waals surface area contributed by atoms with Gasteiger partial charge in [-0.15, -0.1) is 0 Å². The quantitative estimate of drug-likeness (QED) is 0.659. The summed E-state index contributed by atoms with van der Waals surface area (Å²) in [5, 5.41) is 9.70. The number of pyridine rings is 1. The number of nitrogen functional groups attached to an aromatic ring is 1. The van der Waals surface area contributed by atoms with E-state index in [1.54, 1.807) is 26.1 Å². The fourth-order valence-corrected chi connectivity index (χ4v) is 1.17. The molecule has 0 radical (unpaired) electrons. The van der Waals surface area contributed by atoms with Gasteiger partial charge in [-0.25, -0.2) is 0 Å². The molecule has 0 unspecified atom stereocenters. The second-order valence-electron chi connectivity index (χ2n) is 3.46. The number of rotatable bonds is 1. The Morgan fingerprint density at radius 1 is 1.50 bits per heavy atom. The van der Waals surface area contributed by atoms with Crippen LogP contribution in [0, 0.1) is 6.92 Å². The lowest BCUT2D eigenvalue weighted by molar-refractivity contribution is 0.0775. The Hall–Kier alpha value is -1.09. The van der Waals surface area contributed by atoms with Crippen LogP contribution in [0.25, 0.3) is 0 Å². The molecule has 0 aliphatic heterocycles. The molecule has 1 aromatic heterocycles. The molecule has 3 N–H and O–H groups in total. The average molecular weight is 166 g/mol. The minimum absolute atomic E-state index is 0.581. The second-order valence-corrected chi connectivity index (χ2v) is 3.46. The van der Waals surface area contributed by atoms with E-state index in [-0.39, 0.29) is 0 Å². The third-order valence-corrected chi connectivity index (χ3v) is 1.77. The van der Waals surface area contributed by atoms with E-state index in [2.05, 4.69) is 4.98 Å². The van der Waals surface area contributed by atoms with Crippen LogP contribution in [0.1, 0.15) is 25.1 Å². The van der Waals surface area contributed by atoms with Gasteiger partial charge in [-0.1, -0.05) is 0 Å². The molecule has 0 aromatic carbocycles. The average Bonchev–Trinajstić information content (AvgIpc) is 1.92. The van der Waals surface area contributed by atoms with E-state index >= 15 is 0 Å². The molecule has 0 fully saturated rings. The second kappa shape index (κ2) is 2.75. The molecule has 1 rings (SSSR count). The van der Waals surface area contributed by atoms with Gasteiger partial charge >= 0.3 is 0 Å². The SMILES string of the molecule is Cc1ncc(N)cc1C(C)(C)O. The van der Waals surface area contributed by atoms with Crippen LogP contribution < -0.4 is 5.73 Å². The fraction of sp³-hybridized carbons (Fsp3) is 0.444. The van der Waals surface area contributed by atoms with Crippen molar-refractivity contribution in [1.29, 1.82) is 0 Å². The van der Waals surface area contributed by atoms with E-state index in [9.17, 15) is 5.11 Å². The monoisotopic (exact) mass is 166 g/mol. The Balaban J connectivity index is 3.23. The predicted molar refractivity (Wildman–Crippen MR) is 48.6 cm³/mol. The molecule has 0 spiro atoms. The highest BCUT2D eigenvalue weighted by Crippen LogP contribution is 2.23. The summed E-state index contributed by atoms with van der Waals surface area (Å²) in [6, 6.07) is 1.75. The van der Waals surface area contributed by atoms with Gasteiger partial charge in [-0.05, 0) is 26.8 Å². The maximum atomic E-state index is 9.70. The summed E-state index contributed by atoms with van der Waals surface area (Å²) in [7, 11) is 0. The van der Waals surface area contributed by atoms with Gasteiger partial charge < -0.3 is 10.8 Å². The normalized spacial score (nSPS) is 11.7. The fourth-order valence-electron chi connectivity index (χ4n) is 1.17. The Labute approximate surface area is 72.2 Å². The predicted octanol–water partition coefficient (Wildman–Crippen LogP) is 1.20. The lowest BCUT2D eigenvalue weighted by Crippen LogP contribution is -2.18. The van der Waals surface area contributed by atoms with Crippen molar-refractivity contribution in [3.05, 3.63) is 23.5 Å². The minimum atomic E-state index is -0.869. The van der Waals surface area contributed by atoms with Crippen LogP contribution in [0.3, 0.4) is 0 Å². The van der Waals surface area contributed by atoms with E-state index in [4.69, 9.17) is 5.73 Å². The van der Waals surface area contributed by atoms with Crippen LogP contribution >= 0.6 is 0 Å². The molecule has 12 heavy (non-hydrogen) atoms. The molecule has 1 heterocycles. The zero-order chi connectivity index (χ0) is 9.35. The molecular weight excluding hydrogens is 152 g/mol. The molecule has 0 atom stereocenters. The summed E-state index contributed by atoms with van der Waals surface area (Å²) in [6.45, 7) is 5.29. The lowest BCUT2D eigenvalue weighted by atomic mass is 9.97. The lowest BCUT2D eigenvalue weighted by Gasteiger charge is -2.19. The largest absolute Gasteiger partial charge is 0.397 e. The van der Waals surface area contributed by atoms with Gasteiger partial charge in [0.2, 0.25) is 0 Å². The number of anilines is 1. The number of hydrogen-bond donors (Lipinski definition) is 2. The third kappa shape index (κ3) is 1.74. The van der Waals surface area contributed by atoms with Crippen LogP contribution in [0.15, 0.2) is 12.3 Å². The minimum Gasteiger partial charge on any atom is -0.397 e. The molecule has 0 bridgehead atoms. The van der Waals surface area contributed by atoms with E-state index in [1.165, 1.54) is 0 Å². The van der Waals surface area contributed by atoms with Crippen LogP contribution in [0.5, 0.6) is 0 Å². The maximum Gasteiger partial charge on any atom is 0.0858 e. The standard InChI is InChI=1S/C9H14N2O/c1-6-8(9(2,3)12)4-7(10)5-11-6/h4-5,12H,10H2,1-3H3. The van der Waals surface area contributed by atoms with E-state index in [1.807, 2.05) is 6.92 Å². The first kappa shape index (κ1) is 9.00. The summed E-state index contributed by atoms with van der Waals surface area (Å²) < 4.78 is 0. The van der Waals surface area contributed by atoms with Crippen LogP contribution in [-0.2, 0) is 5.60 Å². The molecule has 3 heteroatoms. The summed E-state index contributed by atoms with van der Waals surface area (Å²) in [4.78, 5) is 4.06. The van der Waals surface area contributed by atoms with Crippen molar-refractivity contribution in [3.63, 3.8) is 0 Å². The highest BCUT2D eigenvalue weighted by atomic mass is 16.3. The Bertz CT molecular complexity index is 289. The van der Waals surface area contributed by atoms with E-state index < -0.39 is 5.60 Å². The molecule has 0 saturated carbocycles. The summed E-state index contributed by atoms with van der Waals surface area (Å²) in [5.41, 5.74) is 6.86. The Morgan fingerprint density at radius 2 is 2.08 bits per heavy atom. The van der Waals surface area contributed by atoms with Gasteiger partial charge in [0, 0.05) is 11.3 Å². The van der Waals surface area contributed by atoms with E-state index in [0.717, 1.165) is 11.3 Å². The van der Waals surface area contributed by atoms with Crippen molar-refractivity contribution in [2.75, 3.05) is 5.73 Å². The molecule has 66 valence electrons. The van der Waals surface area contributed by atoms with Crippen LogP contribution in [-0.4, -0.2) is 10.1 Å². The molecule has 0 amide bonds. The zero-order valence-electron chi connectivity index (χ0n) is 7.63. The van der Waals surface area contributed by atoms with Gasteiger partial charge in [0.15, 0.2) is 0 Å². The smallest absolute Gasteiger partial charge is 0.0858 e. The van der Waals surface area contributed by atoms with Gasteiger partial charge in [0.05, 0.1) is 17.5 Å². The Morgan fingerprint density at radius 3 is 2.50 bits per heavy atom. The number of aryl methyl sites for hydroxylation is 1. The highest BCUT2D eigenvalue weighted by Gasteiger charge is 2.18. The van der Waals surface area contributed by atoms with Crippen LogP contribution in [0.2, 0.25) is 0 Å². The van der Waals surface area contributed by atoms with Crippen molar-refractivity contribution < 1.29 is 5.11 Å². The van der Waals surface area contributed by atoms with Gasteiger partial charge in [-0.3, -0.25) is 4.98 Å². The topological polar surface area (TPSA) is 59.1 Å². The van der Waals surface area contributed by atoms with Crippen molar-refractivity contribution in [2.45, 2.75) is 26.4 Å². The summed E-state index contributed by atoms with van der Waals surface area (Å²) in [6.07, 6.45) is 1.59. The first-order chi connectivity index (χ1) is 5.41. The van der Waals surface area contributed by atoms with Gasteiger partial charge in [0.25, 0.3) is 0 Å². The Kier molecular flexibility index (Phi) is 2.06. The molecule has 0 aliphatic rings. The van der Waals surface area contributed by atoms with Crippen molar-refractivity contribution in [3.8, 4) is 0 Å². The molecule has 0 aliphatic carbocycles. The molecular formula is C9H14N2O. The summed E-state index contributed by atoms with van der Waals surface area (Å²) >= 11 is 0. The molecule has 1 aromatic rings. The highest BCUT2D eigenvalue weighted by molar-refractivity contribution is 5.41. The first-order valence-electron chi connectivity index (χ1n) is 3.86. The molecule has 3 nitrogen and oxygen atoms in total. The van der Waals surface area contributed by atoms with Crippen molar-refractivity contribution in [2.24, 2.45) is 0 Å². The maximum absolute atomic E-state index is 9.70. The van der Waals surface area contributed by atoms with Crippen molar-refractivity contribution in [1.82, 2.24) is 4.98 Å². The molecule has 0 saturated heterocycles. The third-order valence-electron chi connectivity index (χ3n) is 1.77. The number of aromatic nitrogens is 1.